The number of anilines is 1. The van der Waals surface area contributed by atoms with Crippen LogP contribution in [-0.4, -0.2) is 28.7 Å². The lowest BCUT2D eigenvalue weighted by Gasteiger charge is -2.09. The molecule has 5 nitrogen and oxygen atoms in total. The fraction of sp³-hybridized carbons (Fsp3) is 0.214. The molecule has 0 fully saturated rings. The minimum Gasteiger partial charge on any atom is -0.350 e. The second kappa shape index (κ2) is 11.1. The number of hydrogen-bond donors (Lipinski definition) is 2. The molecule has 9 heteroatoms. The predicted octanol–water partition coefficient (Wildman–Crippen LogP) is 6.44. The third kappa shape index (κ3) is 6.54. The Balaban J connectivity index is 1.38. The van der Waals surface area contributed by atoms with E-state index in [1.807, 2.05) is 67.1 Å². The number of amides is 2. The van der Waals surface area contributed by atoms with Crippen molar-refractivity contribution < 1.29 is 22.8 Å². The molecule has 37 heavy (non-hydrogen) atoms. The maximum atomic E-state index is 12.9. The van der Waals surface area contributed by atoms with Gasteiger partial charge in [-0.3, -0.25) is 9.59 Å². The number of nitrogens with one attached hydrogen (secondary N) is 2. The molecule has 0 saturated carbocycles. The molecular weight excluding hydrogens is 499 g/mol. The van der Waals surface area contributed by atoms with Crippen LogP contribution in [0.25, 0.3) is 10.9 Å². The van der Waals surface area contributed by atoms with Gasteiger partial charge in [0.15, 0.2) is 0 Å². The van der Waals surface area contributed by atoms with E-state index in [1.54, 1.807) is 0 Å². The molecule has 1 heterocycles. The van der Waals surface area contributed by atoms with Crippen molar-refractivity contribution in [2.24, 2.45) is 0 Å². The Labute approximate surface area is 217 Å². The van der Waals surface area contributed by atoms with Gasteiger partial charge in [0.05, 0.1) is 11.3 Å². The first kappa shape index (κ1) is 26.3. The first-order chi connectivity index (χ1) is 17.6. The summed E-state index contributed by atoms with van der Waals surface area (Å²) in [6.45, 7) is 4.93. The molecular formula is C28H26F3N3O2S. The number of hydrogen-bond acceptors (Lipinski definition) is 3. The molecule has 192 valence electrons. The summed E-state index contributed by atoms with van der Waals surface area (Å²) >= 11 is 1.30. The van der Waals surface area contributed by atoms with Gasteiger partial charge >= 0.3 is 6.18 Å². The third-order valence-electron chi connectivity index (χ3n) is 5.99. The van der Waals surface area contributed by atoms with Gasteiger partial charge in [0.25, 0.3) is 5.91 Å². The molecule has 0 bridgehead atoms. The Morgan fingerprint density at radius 2 is 1.73 bits per heavy atom. The molecule has 0 atom stereocenters. The number of fused-ring (bicyclic) bond motifs is 1. The van der Waals surface area contributed by atoms with Crippen LogP contribution in [0.15, 0.2) is 77.8 Å². The fourth-order valence-electron chi connectivity index (χ4n) is 3.90. The number of nitrogens with zero attached hydrogens (tertiary/aromatic N) is 1. The maximum absolute atomic E-state index is 12.9. The van der Waals surface area contributed by atoms with Crippen molar-refractivity contribution in [1.82, 2.24) is 9.88 Å². The summed E-state index contributed by atoms with van der Waals surface area (Å²) in [5, 5.41) is 6.44. The van der Waals surface area contributed by atoms with E-state index in [1.165, 1.54) is 23.9 Å². The molecule has 0 saturated heterocycles. The fourth-order valence-corrected chi connectivity index (χ4v) is 4.79. The molecule has 0 aliphatic heterocycles. The van der Waals surface area contributed by atoms with E-state index >= 15 is 0 Å². The second-order valence-corrected chi connectivity index (χ2v) is 9.69. The van der Waals surface area contributed by atoms with E-state index < -0.39 is 17.6 Å². The van der Waals surface area contributed by atoms with E-state index in [2.05, 4.69) is 10.6 Å². The van der Waals surface area contributed by atoms with E-state index in [0.717, 1.165) is 39.1 Å². The zero-order valence-electron chi connectivity index (χ0n) is 20.4. The summed E-state index contributed by atoms with van der Waals surface area (Å²) in [5.41, 5.74) is 3.05. The Kier molecular flexibility index (Phi) is 7.92. The van der Waals surface area contributed by atoms with Crippen LogP contribution in [0.4, 0.5) is 18.9 Å². The first-order valence-electron chi connectivity index (χ1n) is 11.6. The summed E-state index contributed by atoms with van der Waals surface area (Å²) < 4.78 is 40.8. The van der Waals surface area contributed by atoms with Crippen LogP contribution in [0.1, 0.15) is 27.0 Å². The molecule has 0 radical (unpaired) electrons. The van der Waals surface area contributed by atoms with Crippen molar-refractivity contribution in [1.29, 1.82) is 0 Å². The van der Waals surface area contributed by atoms with E-state index in [9.17, 15) is 22.8 Å². The zero-order valence-corrected chi connectivity index (χ0v) is 21.2. The quantitative estimate of drug-likeness (QED) is 0.260. The van der Waals surface area contributed by atoms with Gasteiger partial charge in [-0.15, -0.1) is 11.8 Å². The van der Waals surface area contributed by atoms with Crippen LogP contribution in [0.2, 0.25) is 0 Å². The summed E-state index contributed by atoms with van der Waals surface area (Å²) in [5.74, 6) is -0.504. The SMILES string of the molecule is Cc1ccc(C(=O)NCCn2cc(SCC(=O)Nc3cccc(C(F)(F)F)c3)c3ccccc32)cc1C. The number of thioether (sulfide) groups is 1. The number of benzene rings is 3. The molecule has 3 aromatic carbocycles. The van der Waals surface area contributed by atoms with Crippen LogP contribution in [0.3, 0.4) is 0 Å². The Bertz CT molecular complexity index is 1450. The Morgan fingerprint density at radius 1 is 0.946 bits per heavy atom. The third-order valence-corrected chi connectivity index (χ3v) is 7.03. The van der Waals surface area contributed by atoms with E-state index in [4.69, 9.17) is 0 Å². The van der Waals surface area contributed by atoms with Gasteiger partial charge in [-0.2, -0.15) is 13.2 Å². The molecule has 0 aliphatic rings. The van der Waals surface area contributed by atoms with Crippen LogP contribution in [0, 0.1) is 13.8 Å². The summed E-state index contributed by atoms with van der Waals surface area (Å²) in [4.78, 5) is 25.9. The highest BCUT2D eigenvalue weighted by Gasteiger charge is 2.30. The number of aromatic nitrogens is 1. The molecule has 4 rings (SSSR count). The van der Waals surface area contributed by atoms with Crippen molar-refractivity contribution in [2.45, 2.75) is 31.5 Å². The number of para-hydroxylation sites is 1. The van der Waals surface area contributed by atoms with Gasteiger partial charge in [-0.25, -0.2) is 0 Å². The number of carbonyl (C=O) groups is 2. The van der Waals surface area contributed by atoms with Gasteiger partial charge < -0.3 is 15.2 Å². The summed E-state index contributed by atoms with van der Waals surface area (Å²) in [6, 6.07) is 17.9. The van der Waals surface area contributed by atoms with Gasteiger partial charge in [-0.1, -0.05) is 30.3 Å². The lowest BCUT2D eigenvalue weighted by Crippen LogP contribution is -2.27. The van der Waals surface area contributed by atoms with Gasteiger partial charge in [0.1, 0.15) is 0 Å². The van der Waals surface area contributed by atoms with Crippen molar-refractivity contribution in [2.75, 3.05) is 17.6 Å². The highest BCUT2D eigenvalue weighted by Crippen LogP contribution is 2.32. The highest BCUT2D eigenvalue weighted by molar-refractivity contribution is 8.00. The van der Waals surface area contributed by atoms with Crippen molar-refractivity contribution in [3.63, 3.8) is 0 Å². The maximum Gasteiger partial charge on any atom is 0.416 e. The summed E-state index contributed by atoms with van der Waals surface area (Å²) in [7, 11) is 0. The van der Waals surface area contributed by atoms with Crippen molar-refractivity contribution in [3.8, 4) is 0 Å². The van der Waals surface area contributed by atoms with E-state index in [0.29, 0.717) is 18.7 Å². The van der Waals surface area contributed by atoms with Crippen LogP contribution >= 0.6 is 11.8 Å². The Morgan fingerprint density at radius 3 is 2.49 bits per heavy atom. The molecule has 2 amide bonds. The number of rotatable bonds is 8. The zero-order chi connectivity index (χ0) is 26.6. The minimum absolute atomic E-state index is 0.0355. The molecule has 2 N–H and O–H groups in total. The average Bonchev–Trinajstić information content (AvgIpc) is 3.21. The number of aryl methyl sites for hydroxylation is 2. The lowest BCUT2D eigenvalue weighted by atomic mass is 10.1. The molecule has 0 aliphatic carbocycles. The van der Waals surface area contributed by atoms with Crippen LogP contribution in [-0.2, 0) is 17.5 Å². The molecule has 0 unspecified atom stereocenters. The predicted molar refractivity (Wildman–Crippen MR) is 141 cm³/mol. The number of halogens is 3. The van der Waals surface area contributed by atoms with Crippen molar-refractivity contribution in [3.05, 3.63) is 95.2 Å². The smallest absolute Gasteiger partial charge is 0.350 e. The van der Waals surface area contributed by atoms with Crippen molar-refractivity contribution >= 4 is 40.2 Å². The number of alkyl halides is 3. The topological polar surface area (TPSA) is 63.1 Å². The molecule has 1 aromatic heterocycles. The minimum atomic E-state index is -4.48. The van der Waals surface area contributed by atoms with Gasteiger partial charge in [0.2, 0.25) is 5.91 Å². The molecule has 0 spiro atoms. The summed E-state index contributed by atoms with van der Waals surface area (Å²) in [6.07, 6.45) is -2.55. The van der Waals surface area contributed by atoms with Gasteiger partial charge in [-0.05, 0) is 61.4 Å². The van der Waals surface area contributed by atoms with Crippen LogP contribution in [0.5, 0.6) is 0 Å². The number of carbonyl (C=O) groups excluding carboxylic acids is 2. The first-order valence-corrected chi connectivity index (χ1v) is 12.6. The second-order valence-electron chi connectivity index (χ2n) is 8.67. The normalized spacial score (nSPS) is 11.5. The van der Waals surface area contributed by atoms with Gasteiger partial charge in [0, 0.05) is 46.3 Å². The Hall–Kier alpha value is -3.72. The average molecular weight is 526 g/mol. The van der Waals surface area contributed by atoms with E-state index in [-0.39, 0.29) is 17.3 Å². The molecule has 4 aromatic rings. The monoisotopic (exact) mass is 525 g/mol. The standard InChI is InChI=1S/C28H26F3N3O2S/c1-18-10-11-20(14-19(18)2)27(36)32-12-13-34-16-25(23-8-3-4-9-24(23)34)37-17-26(35)33-22-7-5-6-21(15-22)28(29,30)31/h3-11,14-16H,12-13,17H2,1-2H3,(H,32,36)(H,33,35). The highest BCUT2D eigenvalue weighted by atomic mass is 32.2. The lowest BCUT2D eigenvalue weighted by molar-refractivity contribution is -0.137. The van der Waals surface area contributed by atoms with Crippen LogP contribution < -0.4 is 10.6 Å². The largest absolute Gasteiger partial charge is 0.416 e.